The van der Waals surface area contributed by atoms with Gasteiger partial charge in [0.2, 0.25) is 5.96 Å². The van der Waals surface area contributed by atoms with Crippen LogP contribution in [0.15, 0.2) is 35.3 Å². The third-order valence-electron chi connectivity index (χ3n) is 2.96. The van der Waals surface area contributed by atoms with Crippen LogP contribution in [0.1, 0.15) is 27.2 Å². The second-order valence-electron chi connectivity index (χ2n) is 4.67. The van der Waals surface area contributed by atoms with Gasteiger partial charge in [0, 0.05) is 11.7 Å². The van der Waals surface area contributed by atoms with Gasteiger partial charge < -0.3 is 5.32 Å². The summed E-state index contributed by atoms with van der Waals surface area (Å²) in [4.78, 5) is 18.4. The molecule has 96 valence electrons. The lowest BCUT2D eigenvalue weighted by atomic mass is 10.2. The number of carbonyl (C=O) groups excluding carboxylic acids is 1. The molecule has 0 fully saturated rings. The smallest absolute Gasteiger partial charge is 0.254 e. The van der Waals surface area contributed by atoms with E-state index < -0.39 is 0 Å². The van der Waals surface area contributed by atoms with Crippen molar-refractivity contribution in [2.75, 3.05) is 5.32 Å². The summed E-state index contributed by atoms with van der Waals surface area (Å²) in [6.45, 7) is 5.98. The van der Waals surface area contributed by atoms with Crippen LogP contribution in [0.25, 0.3) is 0 Å². The van der Waals surface area contributed by atoms with E-state index in [4.69, 9.17) is 0 Å². The summed E-state index contributed by atoms with van der Waals surface area (Å²) in [6, 6.07) is 9.67. The Labute approximate surface area is 108 Å². The summed E-state index contributed by atoms with van der Waals surface area (Å²) < 4.78 is 0. The second kappa shape index (κ2) is 5.21. The van der Waals surface area contributed by atoms with Crippen LogP contribution in [-0.2, 0) is 4.79 Å². The Bertz CT molecular complexity index is 453. The van der Waals surface area contributed by atoms with Crippen LogP contribution in [0.4, 0.5) is 5.69 Å². The molecule has 4 heteroatoms. The molecule has 1 aromatic rings. The molecule has 4 nitrogen and oxygen atoms in total. The molecular weight excluding hydrogens is 226 g/mol. The zero-order valence-electron chi connectivity index (χ0n) is 11.1. The number of rotatable bonds is 3. The maximum absolute atomic E-state index is 12.1. The zero-order valence-corrected chi connectivity index (χ0v) is 11.1. The third kappa shape index (κ3) is 2.37. The van der Waals surface area contributed by atoms with Crippen LogP contribution in [0, 0.1) is 0 Å². The molecule has 1 aliphatic rings. The zero-order chi connectivity index (χ0) is 13.1. The molecule has 1 heterocycles. The van der Waals surface area contributed by atoms with E-state index >= 15 is 0 Å². The molecule has 1 atom stereocenters. The second-order valence-corrected chi connectivity index (χ2v) is 4.67. The van der Waals surface area contributed by atoms with Crippen LogP contribution in [0.5, 0.6) is 0 Å². The molecule has 0 radical (unpaired) electrons. The molecule has 1 N–H and O–H groups in total. The molecule has 0 spiro atoms. The molecule has 0 saturated heterocycles. The summed E-state index contributed by atoms with van der Waals surface area (Å²) in [6.07, 6.45) is 0.738. The van der Waals surface area contributed by atoms with E-state index in [2.05, 4.69) is 10.3 Å². The highest BCUT2D eigenvalue weighted by atomic mass is 16.2. The summed E-state index contributed by atoms with van der Waals surface area (Å²) in [5.41, 5.74) is 0.950. The molecule has 1 amide bonds. The number of anilines is 1. The Hall–Kier alpha value is -1.84. The molecule has 2 rings (SSSR count). The fourth-order valence-electron chi connectivity index (χ4n) is 2.04. The van der Waals surface area contributed by atoms with E-state index in [1.54, 1.807) is 4.90 Å². The van der Waals surface area contributed by atoms with Crippen LogP contribution >= 0.6 is 0 Å². The Morgan fingerprint density at radius 2 is 2.00 bits per heavy atom. The molecule has 1 aliphatic heterocycles. The fraction of sp³-hybridized carbons (Fsp3) is 0.429. The van der Waals surface area contributed by atoms with E-state index in [1.807, 2.05) is 51.1 Å². The Kier molecular flexibility index (Phi) is 3.65. The van der Waals surface area contributed by atoms with Gasteiger partial charge in [0.1, 0.15) is 6.04 Å². The fourth-order valence-corrected chi connectivity index (χ4v) is 2.04. The summed E-state index contributed by atoms with van der Waals surface area (Å²) >= 11 is 0. The van der Waals surface area contributed by atoms with Crippen molar-refractivity contribution in [1.29, 1.82) is 0 Å². The first kappa shape index (κ1) is 12.6. The summed E-state index contributed by atoms with van der Waals surface area (Å²) in [5.74, 6) is 0.749. The minimum Gasteiger partial charge on any atom is -0.326 e. The Balaban J connectivity index is 2.22. The van der Waals surface area contributed by atoms with Gasteiger partial charge in [-0.1, -0.05) is 25.1 Å². The van der Waals surface area contributed by atoms with Crippen LogP contribution < -0.4 is 5.32 Å². The van der Waals surface area contributed by atoms with Crippen LogP contribution in [-0.4, -0.2) is 28.9 Å². The molecular formula is C14H19N3O. The van der Waals surface area contributed by atoms with Gasteiger partial charge in [-0.05, 0) is 32.4 Å². The number of nitrogens with zero attached hydrogens (tertiary/aromatic N) is 2. The van der Waals surface area contributed by atoms with Gasteiger partial charge in [-0.25, -0.2) is 4.99 Å². The number of hydrogen-bond acceptors (Lipinski definition) is 3. The number of amides is 1. The van der Waals surface area contributed by atoms with Crippen molar-refractivity contribution in [3.05, 3.63) is 30.3 Å². The van der Waals surface area contributed by atoms with Gasteiger partial charge >= 0.3 is 0 Å². The highest BCUT2D eigenvalue weighted by molar-refractivity contribution is 6.10. The van der Waals surface area contributed by atoms with Crippen molar-refractivity contribution in [3.63, 3.8) is 0 Å². The normalized spacial score (nSPS) is 19.3. The standard InChI is InChI=1S/C14H19N3O/c1-4-12-13(18)17(10(2)3)14(16-12)15-11-8-6-5-7-9-11/h5-10,12H,4H2,1-3H3,(H,15,16). The number of para-hydroxylation sites is 1. The number of nitrogens with one attached hydrogen (secondary N) is 1. The number of guanidine groups is 1. The van der Waals surface area contributed by atoms with E-state index in [0.29, 0.717) is 5.96 Å². The molecule has 0 saturated carbocycles. The van der Waals surface area contributed by atoms with Gasteiger partial charge in [-0.15, -0.1) is 0 Å². The molecule has 1 aromatic carbocycles. The van der Waals surface area contributed by atoms with Gasteiger partial charge in [-0.2, -0.15) is 0 Å². The average molecular weight is 245 g/mol. The van der Waals surface area contributed by atoms with Crippen molar-refractivity contribution >= 4 is 17.6 Å². The van der Waals surface area contributed by atoms with Gasteiger partial charge in [0.25, 0.3) is 5.91 Å². The number of carbonyl (C=O) groups is 1. The first-order valence-corrected chi connectivity index (χ1v) is 6.36. The highest BCUT2D eigenvalue weighted by Gasteiger charge is 2.35. The van der Waals surface area contributed by atoms with E-state index in [0.717, 1.165) is 12.1 Å². The predicted octanol–water partition coefficient (Wildman–Crippen LogP) is 2.48. The SMILES string of the molecule is CCC1N=C(Nc2ccccc2)N(C(C)C)C1=O. The van der Waals surface area contributed by atoms with Gasteiger partial charge in [0.15, 0.2) is 0 Å². The quantitative estimate of drug-likeness (QED) is 0.889. The number of hydrogen-bond donors (Lipinski definition) is 1. The average Bonchev–Trinajstić information content (AvgIpc) is 2.66. The van der Waals surface area contributed by atoms with E-state index in [-0.39, 0.29) is 18.0 Å². The van der Waals surface area contributed by atoms with Gasteiger partial charge in [0.05, 0.1) is 0 Å². The van der Waals surface area contributed by atoms with Gasteiger partial charge in [-0.3, -0.25) is 9.69 Å². The van der Waals surface area contributed by atoms with Crippen LogP contribution in [0.2, 0.25) is 0 Å². The molecule has 0 aliphatic carbocycles. The number of aliphatic imine (C=N–C) groups is 1. The summed E-state index contributed by atoms with van der Waals surface area (Å²) in [5, 5.41) is 3.22. The van der Waals surface area contributed by atoms with Crippen molar-refractivity contribution in [3.8, 4) is 0 Å². The molecule has 1 unspecified atom stereocenters. The first-order valence-electron chi connectivity index (χ1n) is 6.36. The lowest BCUT2D eigenvalue weighted by Gasteiger charge is -2.23. The Morgan fingerprint density at radius 1 is 1.33 bits per heavy atom. The predicted molar refractivity (Wildman–Crippen MR) is 73.6 cm³/mol. The molecule has 0 aromatic heterocycles. The number of benzene rings is 1. The highest BCUT2D eigenvalue weighted by Crippen LogP contribution is 2.18. The van der Waals surface area contributed by atoms with Crippen LogP contribution in [0.3, 0.4) is 0 Å². The first-order chi connectivity index (χ1) is 8.63. The van der Waals surface area contributed by atoms with E-state index in [9.17, 15) is 4.79 Å². The minimum absolute atomic E-state index is 0.0888. The molecule has 18 heavy (non-hydrogen) atoms. The van der Waals surface area contributed by atoms with Crippen molar-refractivity contribution in [1.82, 2.24) is 4.90 Å². The monoisotopic (exact) mass is 245 g/mol. The van der Waals surface area contributed by atoms with Crippen molar-refractivity contribution in [2.45, 2.75) is 39.3 Å². The summed E-state index contributed by atoms with van der Waals surface area (Å²) in [7, 11) is 0. The lowest BCUT2D eigenvalue weighted by Crippen LogP contribution is -2.43. The van der Waals surface area contributed by atoms with E-state index in [1.165, 1.54) is 0 Å². The minimum atomic E-state index is -0.237. The largest absolute Gasteiger partial charge is 0.326 e. The molecule has 0 bridgehead atoms. The topological polar surface area (TPSA) is 44.7 Å². The maximum atomic E-state index is 12.1. The lowest BCUT2D eigenvalue weighted by molar-refractivity contribution is -0.128. The maximum Gasteiger partial charge on any atom is 0.254 e. The van der Waals surface area contributed by atoms with Crippen molar-refractivity contribution < 1.29 is 4.79 Å². The Morgan fingerprint density at radius 3 is 2.56 bits per heavy atom. The van der Waals surface area contributed by atoms with Crippen molar-refractivity contribution in [2.24, 2.45) is 4.99 Å². The third-order valence-corrected chi connectivity index (χ3v) is 2.96.